The van der Waals surface area contributed by atoms with Crippen LogP contribution in [0.4, 0.5) is 0 Å². The fourth-order valence-corrected chi connectivity index (χ4v) is 0. The van der Waals surface area contributed by atoms with E-state index in [1.54, 1.807) is 0 Å². The molecule has 0 bridgehead atoms. The first kappa shape index (κ1) is 58.8. The van der Waals surface area contributed by atoms with Crippen molar-refractivity contribution in [2.75, 3.05) is 14.2 Å². The van der Waals surface area contributed by atoms with Gasteiger partial charge >= 0.3 is 0 Å². The Labute approximate surface area is 105 Å². The number of carboxylic acids is 1. The van der Waals surface area contributed by atoms with Crippen LogP contribution in [0.5, 0.6) is 0 Å². The second-order valence-corrected chi connectivity index (χ2v) is 0.519. The minimum atomic E-state index is -0.833. The molecule has 0 aliphatic heterocycles. The molecule has 0 aliphatic rings. The summed E-state index contributed by atoms with van der Waals surface area (Å²) in [6, 6.07) is 0. The Hall–Kier alpha value is -1.71. The highest BCUT2D eigenvalue weighted by Gasteiger charge is 1.65. The Morgan fingerprint density at radius 2 is 0.882 bits per heavy atom. The lowest BCUT2D eigenvalue weighted by Gasteiger charge is -1.59. The van der Waals surface area contributed by atoms with Gasteiger partial charge in [-0.15, -0.1) is 12.8 Å². The van der Waals surface area contributed by atoms with E-state index in [0.29, 0.717) is 0 Å². The molecule has 0 saturated carbocycles. The molecule has 0 aromatic rings. The molecule has 17 heavy (non-hydrogen) atoms. The Bertz CT molecular complexity index is 77.3. The summed E-state index contributed by atoms with van der Waals surface area (Å²) in [5, 5.41) is 21.4. The van der Waals surface area contributed by atoms with Gasteiger partial charge in [0.05, 0.1) is 0 Å². The van der Waals surface area contributed by atoms with E-state index in [1.165, 1.54) is 0 Å². The number of hydrogen-bond acceptors (Lipinski definition) is 5. The van der Waals surface area contributed by atoms with Gasteiger partial charge < -0.3 is 24.9 Å². The number of hydrogen-bond donors (Lipinski definition) is 3. The van der Waals surface area contributed by atoms with Crippen molar-refractivity contribution in [3.05, 3.63) is 0 Å². The molecule has 0 unspecified atom stereocenters. The zero-order valence-corrected chi connectivity index (χ0v) is 10.6. The average Bonchev–Trinajstić information content (AvgIpc) is 2.42. The van der Waals surface area contributed by atoms with Crippen molar-refractivity contribution in [2.24, 2.45) is 0 Å². The third-order valence-corrected chi connectivity index (χ3v) is 0. The van der Waals surface area contributed by atoms with Gasteiger partial charge in [0.2, 0.25) is 0 Å². The molecule has 0 aromatic heterocycles. The van der Waals surface area contributed by atoms with E-state index in [0.717, 1.165) is 21.1 Å². The quantitative estimate of drug-likeness (QED) is 0.554. The molecule has 0 radical (unpaired) electrons. The zero-order chi connectivity index (χ0) is 15.6. The highest BCUT2D eigenvalue weighted by molar-refractivity contribution is 5.62. The number of terminal acetylenes is 1. The third kappa shape index (κ3) is 738. The van der Waals surface area contributed by atoms with Gasteiger partial charge in [0.1, 0.15) is 13.6 Å². The standard InChI is InChI=1S/C2H4O2.C2H6.C2H2.2CH4O.2CH2O.CH4/c1-2(3)4;6*1-2;/h1H3,(H,3,4);1-2H3;1-2H;2*2H,1H3;2*1H2;1H4. The molecular weight excluding hydrogens is 228 g/mol. The van der Waals surface area contributed by atoms with Crippen LogP contribution >= 0.6 is 0 Å². The summed E-state index contributed by atoms with van der Waals surface area (Å²) in [5.41, 5.74) is 0. The fourth-order valence-electron chi connectivity index (χ4n) is 0. The molecule has 0 rings (SSSR count). The first-order valence-corrected chi connectivity index (χ1v) is 3.73. The molecule has 0 fully saturated rings. The van der Waals surface area contributed by atoms with Crippen LogP contribution in [-0.4, -0.2) is 49.1 Å². The van der Waals surface area contributed by atoms with Crippen LogP contribution in [0.25, 0.3) is 0 Å². The molecule has 0 amide bonds. The van der Waals surface area contributed by atoms with Crippen LogP contribution in [0.2, 0.25) is 0 Å². The van der Waals surface area contributed by atoms with Gasteiger partial charge in [0.15, 0.2) is 0 Å². The van der Waals surface area contributed by atoms with Crippen molar-refractivity contribution in [3.63, 3.8) is 0 Å². The first-order chi connectivity index (χ1) is 7.73. The molecule has 0 spiro atoms. The largest absolute Gasteiger partial charge is 0.481 e. The summed E-state index contributed by atoms with van der Waals surface area (Å²) in [6.45, 7) is 9.08. The lowest BCUT2D eigenvalue weighted by molar-refractivity contribution is -0.134. The normalized spacial score (nSPS) is 3.12. The Morgan fingerprint density at radius 1 is 0.882 bits per heavy atom. The number of aliphatic hydroxyl groups excluding tert-OH is 2. The first-order valence-electron chi connectivity index (χ1n) is 3.73. The van der Waals surface area contributed by atoms with Gasteiger partial charge in [-0.25, -0.2) is 0 Å². The molecule has 6 nitrogen and oxygen atoms in total. The van der Waals surface area contributed by atoms with E-state index >= 15 is 0 Å². The van der Waals surface area contributed by atoms with Gasteiger partial charge in [-0.05, 0) is 0 Å². The highest BCUT2D eigenvalue weighted by atomic mass is 16.4. The monoisotopic (exact) mass is 256 g/mol. The number of aliphatic hydroxyl groups is 2. The van der Waals surface area contributed by atoms with Crippen LogP contribution < -0.4 is 0 Å². The van der Waals surface area contributed by atoms with Crippen LogP contribution in [0.1, 0.15) is 28.2 Å². The Balaban J connectivity index is -0.00000000946. The van der Waals surface area contributed by atoms with Crippen molar-refractivity contribution in [1.82, 2.24) is 0 Å². The van der Waals surface area contributed by atoms with Crippen molar-refractivity contribution in [1.29, 1.82) is 0 Å². The average molecular weight is 256 g/mol. The third-order valence-electron chi connectivity index (χ3n) is 0. The predicted octanol–water partition coefficient (Wildman–Crippen LogP) is 0.850. The highest BCUT2D eigenvalue weighted by Crippen LogP contribution is 1.42. The number of carbonyl (C=O) groups is 3. The minimum Gasteiger partial charge on any atom is -0.481 e. The summed E-state index contributed by atoms with van der Waals surface area (Å²) >= 11 is 0. The van der Waals surface area contributed by atoms with Crippen molar-refractivity contribution >= 4 is 19.5 Å². The van der Waals surface area contributed by atoms with E-state index in [-0.39, 0.29) is 7.43 Å². The van der Waals surface area contributed by atoms with Crippen LogP contribution in [0, 0.1) is 12.8 Å². The zero-order valence-electron chi connectivity index (χ0n) is 10.6. The van der Waals surface area contributed by atoms with E-state index in [2.05, 4.69) is 12.8 Å². The number of aliphatic carboxylic acids is 1. The maximum atomic E-state index is 9.00. The Morgan fingerprint density at radius 3 is 0.882 bits per heavy atom. The second kappa shape index (κ2) is 1520. The van der Waals surface area contributed by atoms with Gasteiger partial charge in [-0.2, -0.15) is 0 Å². The molecule has 0 aliphatic carbocycles. The van der Waals surface area contributed by atoms with Gasteiger partial charge in [0.25, 0.3) is 5.97 Å². The van der Waals surface area contributed by atoms with Crippen molar-refractivity contribution in [3.8, 4) is 12.8 Å². The Kier molecular flexibility index (Phi) is 5240. The maximum absolute atomic E-state index is 9.00. The molecule has 0 saturated heterocycles. The molecule has 3 N–H and O–H groups in total. The summed E-state index contributed by atoms with van der Waals surface area (Å²) < 4.78 is 0. The van der Waals surface area contributed by atoms with Crippen molar-refractivity contribution < 1.29 is 29.7 Å². The molecule has 0 atom stereocenters. The van der Waals surface area contributed by atoms with Crippen LogP contribution in [0.3, 0.4) is 0 Å². The van der Waals surface area contributed by atoms with E-state index in [4.69, 9.17) is 29.7 Å². The number of rotatable bonds is 0. The number of carbonyl (C=O) groups excluding carboxylic acids is 2. The fraction of sp³-hybridized carbons (Fsp3) is 0.545. The molecule has 108 valence electrons. The second-order valence-electron chi connectivity index (χ2n) is 0.519. The SMILES string of the molecule is C.C#C.C=O.C=O.CC.CC(=O)O.CO.CO. The summed E-state index contributed by atoms with van der Waals surface area (Å²) in [7, 11) is 2.00. The van der Waals surface area contributed by atoms with Crippen molar-refractivity contribution in [2.45, 2.75) is 28.2 Å². The van der Waals surface area contributed by atoms with Gasteiger partial charge in [0, 0.05) is 21.1 Å². The number of carboxylic acid groups (broad SMARTS) is 1. The summed E-state index contributed by atoms with van der Waals surface area (Å²) in [6.07, 6.45) is 8.00. The van der Waals surface area contributed by atoms with Crippen LogP contribution in [-0.2, 0) is 14.4 Å². The minimum absolute atomic E-state index is 0. The predicted molar refractivity (Wildman–Crippen MR) is 71.8 cm³/mol. The maximum Gasteiger partial charge on any atom is 0.300 e. The summed E-state index contributed by atoms with van der Waals surface area (Å²) in [4.78, 5) is 25.0. The lowest BCUT2D eigenvalue weighted by Crippen LogP contribution is -1.78. The topological polar surface area (TPSA) is 112 Å². The molecule has 6 heteroatoms. The summed E-state index contributed by atoms with van der Waals surface area (Å²) in [5.74, 6) is -0.833. The molecule has 0 heterocycles. The van der Waals surface area contributed by atoms with Gasteiger partial charge in [-0.3, -0.25) is 4.79 Å². The van der Waals surface area contributed by atoms with E-state index < -0.39 is 5.97 Å². The molecule has 0 aromatic carbocycles. The van der Waals surface area contributed by atoms with Gasteiger partial charge in [-0.1, -0.05) is 21.3 Å². The van der Waals surface area contributed by atoms with E-state index in [9.17, 15) is 0 Å². The lowest BCUT2D eigenvalue weighted by atomic mass is 10.9. The molecular formula is C11H28O6. The van der Waals surface area contributed by atoms with E-state index in [1.807, 2.05) is 27.4 Å². The van der Waals surface area contributed by atoms with Crippen LogP contribution in [0.15, 0.2) is 0 Å². The smallest absolute Gasteiger partial charge is 0.300 e.